The molecule has 0 N–H and O–H groups in total. The summed E-state index contributed by atoms with van der Waals surface area (Å²) < 4.78 is 6.54. The molecule has 6 nitrogen and oxygen atoms in total. The summed E-state index contributed by atoms with van der Waals surface area (Å²) in [6, 6.07) is 1.60. The van der Waals surface area contributed by atoms with E-state index in [9.17, 15) is 4.79 Å². The number of nitrogens with zero attached hydrogens (tertiary/aromatic N) is 4. The molecule has 0 aliphatic heterocycles. The van der Waals surface area contributed by atoms with E-state index in [0.717, 1.165) is 0 Å². The molecule has 0 aromatic carbocycles. The van der Waals surface area contributed by atoms with Crippen LogP contribution < -0.4 is 4.74 Å². The van der Waals surface area contributed by atoms with E-state index < -0.39 is 0 Å². The molecule has 6 heteroatoms. The number of methoxy groups -OCH3 is 1. The standard InChI is InChI=1S/C10H10N4O2/c1-14-9(8(16-2)6-13-14)10(15)7-3-4-11-12-5-7/h3-6H,1-2H3. The largest absolute Gasteiger partial charge is 0.493 e. The Labute approximate surface area is 91.9 Å². The van der Waals surface area contributed by atoms with Crippen LogP contribution >= 0.6 is 0 Å². The summed E-state index contributed by atoms with van der Waals surface area (Å²) in [5.41, 5.74) is 0.854. The van der Waals surface area contributed by atoms with Crippen molar-refractivity contribution in [2.45, 2.75) is 0 Å². The number of carbonyl (C=O) groups excluding carboxylic acids is 1. The summed E-state index contributed by atoms with van der Waals surface area (Å²) in [5, 5.41) is 11.2. The highest BCUT2D eigenvalue weighted by molar-refractivity contribution is 6.09. The molecule has 0 aliphatic rings. The van der Waals surface area contributed by atoms with Gasteiger partial charge in [0.25, 0.3) is 0 Å². The molecular formula is C10H10N4O2. The molecule has 0 fully saturated rings. The zero-order valence-corrected chi connectivity index (χ0v) is 8.91. The lowest BCUT2D eigenvalue weighted by Crippen LogP contribution is -2.10. The maximum Gasteiger partial charge on any atom is 0.216 e. The topological polar surface area (TPSA) is 69.9 Å². The Hall–Kier alpha value is -2.24. The average Bonchev–Trinajstić information content (AvgIpc) is 2.70. The molecular weight excluding hydrogens is 208 g/mol. The maximum atomic E-state index is 12.1. The van der Waals surface area contributed by atoms with Gasteiger partial charge in [-0.2, -0.15) is 15.3 Å². The minimum absolute atomic E-state index is 0.188. The van der Waals surface area contributed by atoms with Crippen LogP contribution in [0, 0.1) is 0 Å². The number of ketones is 1. The molecule has 0 spiro atoms. The van der Waals surface area contributed by atoms with Gasteiger partial charge in [0.1, 0.15) is 0 Å². The van der Waals surface area contributed by atoms with E-state index in [1.807, 2.05) is 0 Å². The SMILES string of the molecule is COc1cnn(C)c1C(=O)c1ccnnc1. The first-order valence-corrected chi connectivity index (χ1v) is 4.61. The second-order valence-electron chi connectivity index (χ2n) is 3.15. The fourth-order valence-corrected chi connectivity index (χ4v) is 1.39. The minimum Gasteiger partial charge on any atom is -0.493 e. The van der Waals surface area contributed by atoms with Crippen LogP contribution in [-0.2, 0) is 7.05 Å². The van der Waals surface area contributed by atoms with Crippen LogP contribution in [0.4, 0.5) is 0 Å². The summed E-state index contributed by atoms with van der Waals surface area (Å²) in [4.78, 5) is 12.1. The van der Waals surface area contributed by atoms with E-state index in [-0.39, 0.29) is 5.78 Å². The first kappa shape index (κ1) is 10.3. The number of aromatic nitrogens is 4. The smallest absolute Gasteiger partial charge is 0.216 e. The van der Waals surface area contributed by atoms with Crippen LogP contribution in [0.5, 0.6) is 5.75 Å². The van der Waals surface area contributed by atoms with Crippen LogP contribution in [0.1, 0.15) is 16.1 Å². The van der Waals surface area contributed by atoms with Crippen LogP contribution in [0.25, 0.3) is 0 Å². The Morgan fingerprint density at radius 1 is 1.38 bits per heavy atom. The van der Waals surface area contributed by atoms with Crippen molar-refractivity contribution in [3.05, 3.63) is 35.9 Å². The second-order valence-corrected chi connectivity index (χ2v) is 3.15. The molecule has 0 bridgehead atoms. The quantitative estimate of drug-likeness (QED) is 0.699. The molecule has 82 valence electrons. The highest BCUT2D eigenvalue weighted by Gasteiger charge is 2.19. The van der Waals surface area contributed by atoms with Gasteiger partial charge in [-0.3, -0.25) is 9.48 Å². The van der Waals surface area contributed by atoms with Crippen LogP contribution in [0.15, 0.2) is 24.7 Å². The van der Waals surface area contributed by atoms with Crippen molar-refractivity contribution in [2.24, 2.45) is 7.05 Å². The number of hydrogen-bond acceptors (Lipinski definition) is 5. The molecule has 0 aliphatic carbocycles. The van der Waals surface area contributed by atoms with Crippen molar-refractivity contribution in [3.8, 4) is 5.75 Å². The Morgan fingerprint density at radius 3 is 2.81 bits per heavy atom. The number of hydrogen-bond donors (Lipinski definition) is 0. The molecule has 2 rings (SSSR count). The van der Waals surface area contributed by atoms with Gasteiger partial charge in [-0.15, -0.1) is 0 Å². The first-order chi connectivity index (χ1) is 7.74. The fourth-order valence-electron chi connectivity index (χ4n) is 1.39. The second kappa shape index (κ2) is 4.09. The predicted molar refractivity (Wildman–Crippen MR) is 55.2 cm³/mol. The van der Waals surface area contributed by atoms with Crippen molar-refractivity contribution in [2.75, 3.05) is 7.11 Å². The first-order valence-electron chi connectivity index (χ1n) is 4.61. The molecule has 0 unspecified atom stereocenters. The van der Waals surface area contributed by atoms with Gasteiger partial charge in [0.05, 0.1) is 25.7 Å². The number of aryl methyl sites for hydroxylation is 1. The average molecular weight is 218 g/mol. The van der Waals surface area contributed by atoms with Gasteiger partial charge in [-0.05, 0) is 6.07 Å². The van der Waals surface area contributed by atoms with Crippen LogP contribution in [0.2, 0.25) is 0 Å². The Kier molecular flexibility index (Phi) is 2.63. The third-order valence-electron chi connectivity index (χ3n) is 2.19. The number of rotatable bonds is 3. The lowest BCUT2D eigenvalue weighted by Gasteiger charge is -2.03. The Morgan fingerprint density at radius 2 is 2.19 bits per heavy atom. The third kappa shape index (κ3) is 1.65. The summed E-state index contributed by atoms with van der Waals surface area (Å²) in [6.45, 7) is 0. The van der Waals surface area contributed by atoms with Gasteiger partial charge >= 0.3 is 0 Å². The molecule has 0 atom stereocenters. The molecule has 0 saturated heterocycles. The Balaban J connectivity index is 2.45. The van der Waals surface area contributed by atoms with Crippen LogP contribution in [-0.4, -0.2) is 32.9 Å². The zero-order valence-electron chi connectivity index (χ0n) is 8.91. The van der Waals surface area contributed by atoms with Crippen molar-refractivity contribution >= 4 is 5.78 Å². The predicted octanol–water partition coefficient (Wildman–Crippen LogP) is 0.450. The molecule has 2 heterocycles. The number of ether oxygens (including phenoxy) is 1. The lowest BCUT2D eigenvalue weighted by atomic mass is 10.1. The summed E-state index contributed by atoms with van der Waals surface area (Å²) in [6.07, 6.45) is 4.38. The highest BCUT2D eigenvalue weighted by Crippen LogP contribution is 2.19. The third-order valence-corrected chi connectivity index (χ3v) is 2.19. The van der Waals surface area contributed by atoms with E-state index in [4.69, 9.17) is 4.74 Å². The molecule has 2 aromatic rings. The molecule has 0 radical (unpaired) electrons. The minimum atomic E-state index is -0.188. The van der Waals surface area contributed by atoms with Gasteiger partial charge in [0, 0.05) is 12.6 Å². The summed E-state index contributed by atoms with van der Waals surface area (Å²) in [7, 11) is 3.18. The maximum absolute atomic E-state index is 12.1. The molecule has 0 saturated carbocycles. The van der Waals surface area contributed by atoms with Crippen molar-refractivity contribution in [1.82, 2.24) is 20.0 Å². The molecule has 2 aromatic heterocycles. The van der Waals surface area contributed by atoms with Gasteiger partial charge in [-0.25, -0.2) is 0 Å². The normalized spacial score (nSPS) is 10.1. The van der Waals surface area contributed by atoms with E-state index >= 15 is 0 Å². The van der Waals surface area contributed by atoms with Crippen molar-refractivity contribution in [1.29, 1.82) is 0 Å². The summed E-state index contributed by atoms with van der Waals surface area (Å²) in [5.74, 6) is 0.260. The molecule has 0 amide bonds. The lowest BCUT2D eigenvalue weighted by molar-refractivity contribution is 0.102. The fraction of sp³-hybridized carbons (Fsp3) is 0.200. The van der Waals surface area contributed by atoms with Gasteiger partial charge in [0.2, 0.25) is 5.78 Å². The Bertz CT molecular complexity index is 507. The van der Waals surface area contributed by atoms with E-state index in [1.165, 1.54) is 30.4 Å². The van der Waals surface area contributed by atoms with Gasteiger partial charge in [-0.1, -0.05) is 0 Å². The highest BCUT2D eigenvalue weighted by atomic mass is 16.5. The van der Waals surface area contributed by atoms with Gasteiger partial charge in [0.15, 0.2) is 11.4 Å². The molecule has 16 heavy (non-hydrogen) atoms. The van der Waals surface area contributed by atoms with Crippen molar-refractivity contribution < 1.29 is 9.53 Å². The van der Waals surface area contributed by atoms with Crippen LogP contribution in [0.3, 0.4) is 0 Å². The summed E-state index contributed by atoms with van der Waals surface area (Å²) >= 11 is 0. The number of carbonyl (C=O) groups is 1. The van der Waals surface area contributed by atoms with E-state index in [2.05, 4.69) is 15.3 Å². The van der Waals surface area contributed by atoms with E-state index in [1.54, 1.807) is 13.1 Å². The van der Waals surface area contributed by atoms with Crippen molar-refractivity contribution in [3.63, 3.8) is 0 Å². The van der Waals surface area contributed by atoms with Gasteiger partial charge < -0.3 is 4.74 Å². The zero-order chi connectivity index (χ0) is 11.5. The van der Waals surface area contributed by atoms with E-state index in [0.29, 0.717) is 17.0 Å². The monoisotopic (exact) mass is 218 g/mol.